The molecule has 14 heavy (non-hydrogen) atoms. The molecule has 2 rings (SSSR count). The van der Waals surface area contributed by atoms with Crippen LogP contribution >= 0.6 is 0 Å². The van der Waals surface area contributed by atoms with Crippen molar-refractivity contribution >= 4 is 0 Å². The van der Waals surface area contributed by atoms with Crippen LogP contribution in [0.5, 0.6) is 0 Å². The minimum absolute atomic E-state index is 0.176. The van der Waals surface area contributed by atoms with Gasteiger partial charge in [-0.3, -0.25) is 0 Å². The number of hydrazine groups is 1. The highest BCUT2D eigenvalue weighted by Gasteiger charge is 2.65. The van der Waals surface area contributed by atoms with Gasteiger partial charge in [-0.1, -0.05) is 12.1 Å². The summed E-state index contributed by atoms with van der Waals surface area (Å²) in [5, 5.41) is 0. The fourth-order valence-corrected chi connectivity index (χ4v) is 1.23. The first-order valence-corrected chi connectivity index (χ1v) is 3.83. The largest absolute Gasteiger partial charge is 0.426 e. The second-order valence-corrected chi connectivity index (χ2v) is 3.01. The van der Waals surface area contributed by atoms with E-state index in [0.29, 0.717) is 0 Å². The SMILES string of the molecule is Fc1cccc(C2(C(F)(F)F)NN2)c1. The van der Waals surface area contributed by atoms with Crippen LogP contribution in [0.25, 0.3) is 0 Å². The van der Waals surface area contributed by atoms with E-state index in [1.807, 2.05) is 10.9 Å². The van der Waals surface area contributed by atoms with Crippen LogP contribution in [0.2, 0.25) is 0 Å². The summed E-state index contributed by atoms with van der Waals surface area (Å²) in [5.74, 6) is -0.693. The fraction of sp³-hybridized carbons (Fsp3) is 0.250. The molecule has 1 aromatic carbocycles. The normalized spacial score (nSPS) is 19.4. The quantitative estimate of drug-likeness (QED) is 0.542. The summed E-state index contributed by atoms with van der Waals surface area (Å²) in [4.78, 5) is 0. The van der Waals surface area contributed by atoms with Gasteiger partial charge in [0.05, 0.1) is 0 Å². The van der Waals surface area contributed by atoms with Crippen LogP contribution in [0.3, 0.4) is 0 Å². The number of alkyl halides is 3. The number of nitrogens with one attached hydrogen (secondary N) is 2. The van der Waals surface area contributed by atoms with Crippen molar-refractivity contribution in [3.8, 4) is 0 Å². The lowest BCUT2D eigenvalue weighted by Gasteiger charge is -2.15. The Morgan fingerprint density at radius 2 is 1.79 bits per heavy atom. The van der Waals surface area contributed by atoms with Crippen molar-refractivity contribution in [1.29, 1.82) is 0 Å². The molecule has 0 unspecified atom stereocenters. The Bertz CT molecular complexity index is 357. The molecule has 1 aliphatic heterocycles. The van der Waals surface area contributed by atoms with Gasteiger partial charge in [-0.05, 0) is 12.1 Å². The highest BCUT2D eigenvalue weighted by atomic mass is 19.4. The molecule has 0 amide bonds. The van der Waals surface area contributed by atoms with E-state index in [4.69, 9.17) is 0 Å². The first-order valence-electron chi connectivity index (χ1n) is 3.83. The summed E-state index contributed by atoms with van der Waals surface area (Å²) in [6.45, 7) is 0. The Morgan fingerprint density at radius 1 is 1.14 bits per heavy atom. The van der Waals surface area contributed by atoms with Crippen LogP contribution in [0.1, 0.15) is 5.56 Å². The summed E-state index contributed by atoms with van der Waals surface area (Å²) in [5.41, 5.74) is 1.53. The van der Waals surface area contributed by atoms with E-state index >= 15 is 0 Å². The molecule has 1 heterocycles. The smallest absolute Gasteiger partial charge is 0.223 e. The average Bonchev–Trinajstić information content (AvgIpc) is 2.82. The molecule has 1 fully saturated rings. The Kier molecular flexibility index (Phi) is 1.80. The lowest BCUT2D eigenvalue weighted by Crippen LogP contribution is -2.34. The Morgan fingerprint density at radius 3 is 2.21 bits per heavy atom. The standard InChI is InChI=1S/C8H6F4N2/c9-6-3-1-2-5(4-6)7(13-14-7)8(10,11)12/h1-4,13-14H. The minimum atomic E-state index is -4.49. The molecule has 0 aromatic heterocycles. The van der Waals surface area contributed by atoms with Gasteiger partial charge in [-0.25, -0.2) is 15.2 Å². The maximum Gasteiger partial charge on any atom is 0.426 e. The summed E-state index contributed by atoms with van der Waals surface area (Å²) in [6, 6.07) is 4.39. The molecule has 1 aliphatic rings. The van der Waals surface area contributed by atoms with Crippen molar-refractivity contribution < 1.29 is 17.6 Å². The van der Waals surface area contributed by atoms with Crippen LogP contribution in [-0.4, -0.2) is 6.18 Å². The van der Waals surface area contributed by atoms with Crippen LogP contribution in [0.4, 0.5) is 17.6 Å². The van der Waals surface area contributed by atoms with Crippen molar-refractivity contribution in [2.75, 3.05) is 0 Å². The molecule has 0 bridgehead atoms. The Hall–Kier alpha value is -1.14. The van der Waals surface area contributed by atoms with E-state index < -0.39 is 17.7 Å². The molecule has 0 atom stereocenters. The fourth-order valence-electron chi connectivity index (χ4n) is 1.23. The van der Waals surface area contributed by atoms with E-state index in [9.17, 15) is 17.6 Å². The van der Waals surface area contributed by atoms with Gasteiger partial charge in [0.2, 0.25) is 5.66 Å². The third-order valence-corrected chi connectivity index (χ3v) is 2.06. The van der Waals surface area contributed by atoms with Gasteiger partial charge in [-0.15, -0.1) is 0 Å². The van der Waals surface area contributed by atoms with Gasteiger partial charge in [0.1, 0.15) is 5.82 Å². The maximum atomic E-state index is 12.7. The molecule has 2 N–H and O–H groups in total. The molecular formula is C8H6F4N2. The summed E-state index contributed by atoms with van der Waals surface area (Å²) < 4.78 is 50.1. The van der Waals surface area contributed by atoms with E-state index in [1.165, 1.54) is 12.1 Å². The Balaban J connectivity index is 2.41. The van der Waals surface area contributed by atoms with Crippen molar-refractivity contribution in [2.45, 2.75) is 11.8 Å². The number of halogens is 4. The molecule has 2 nitrogen and oxygen atoms in total. The summed E-state index contributed by atoms with van der Waals surface area (Å²) >= 11 is 0. The molecule has 76 valence electrons. The monoisotopic (exact) mass is 206 g/mol. The van der Waals surface area contributed by atoms with E-state index in [0.717, 1.165) is 12.1 Å². The van der Waals surface area contributed by atoms with Gasteiger partial charge in [0.25, 0.3) is 0 Å². The maximum absolute atomic E-state index is 12.7. The van der Waals surface area contributed by atoms with Gasteiger partial charge >= 0.3 is 6.18 Å². The van der Waals surface area contributed by atoms with Gasteiger partial charge < -0.3 is 0 Å². The van der Waals surface area contributed by atoms with Crippen molar-refractivity contribution in [3.05, 3.63) is 35.6 Å². The molecule has 0 aliphatic carbocycles. The third kappa shape index (κ3) is 1.27. The molecule has 0 saturated carbocycles. The first kappa shape index (κ1) is 9.42. The zero-order valence-corrected chi connectivity index (χ0v) is 6.82. The minimum Gasteiger partial charge on any atom is -0.223 e. The van der Waals surface area contributed by atoms with Gasteiger partial charge in [0, 0.05) is 5.56 Å². The number of rotatable bonds is 1. The zero-order valence-electron chi connectivity index (χ0n) is 6.82. The van der Waals surface area contributed by atoms with Crippen LogP contribution < -0.4 is 10.9 Å². The second kappa shape index (κ2) is 2.68. The predicted molar refractivity (Wildman–Crippen MR) is 40.4 cm³/mol. The predicted octanol–water partition coefficient (Wildman–Crippen LogP) is 1.65. The van der Waals surface area contributed by atoms with E-state index in [1.54, 1.807) is 0 Å². The molecule has 0 spiro atoms. The number of hydrogen-bond acceptors (Lipinski definition) is 2. The summed E-state index contributed by atoms with van der Waals surface area (Å²) in [7, 11) is 0. The Labute approximate surface area is 76.9 Å². The van der Waals surface area contributed by atoms with Crippen molar-refractivity contribution in [3.63, 3.8) is 0 Å². The van der Waals surface area contributed by atoms with E-state index in [2.05, 4.69) is 0 Å². The molecular weight excluding hydrogens is 200 g/mol. The lowest BCUT2D eigenvalue weighted by molar-refractivity contribution is -0.165. The third-order valence-electron chi connectivity index (χ3n) is 2.06. The topological polar surface area (TPSA) is 43.9 Å². The highest BCUT2D eigenvalue weighted by Crippen LogP contribution is 2.41. The van der Waals surface area contributed by atoms with Gasteiger partial charge in [-0.2, -0.15) is 13.2 Å². The summed E-state index contributed by atoms with van der Waals surface area (Å²) in [6.07, 6.45) is -4.49. The molecule has 1 saturated heterocycles. The zero-order chi connectivity index (χ0) is 10.4. The van der Waals surface area contributed by atoms with Crippen molar-refractivity contribution in [2.24, 2.45) is 0 Å². The van der Waals surface area contributed by atoms with Crippen LogP contribution in [0, 0.1) is 5.82 Å². The van der Waals surface area contributed by atoms with Crippen molar-refractivity contribution in [1.82, 2.24) is 10.9 Å². The average molecular weight is 206 g/mol. The van der Waals surface area contributed by atoms with E-state index in [-0.39, 0.29) is 5.56 Å². The van der Waals surface area contributed by atoms with Crippen LogP contribution in [-0.2, 0) is 5.66 Å². The lowest BCUT2D eigenvalue weighted by atomic mass is 10.0. The number of hydrogen-bond donors (Lipinski definition) is 2. The molecule has 1 aromatic rings. The first-order chi connectivity index (χ1) is 6.46. The number of benzene rings is 1. The molecule has 0 radical (unpaired) electrons. The second-order valence-electron chi connectivity index (χ2n) is 3.01. The molecule has 6 heteroatoms. The highest BCUT2D eigenvalue weighted by molar-refractivity contribution is 5.30. The van der Waals surface area contributed by atoms with Crippen LogP contribution in [0.15, 0.2) is 24.3 Å². The van der Waals surface area contributed by atoms with Gasteiger partial charge in [0.15, 0.2) is 0 Å².